The Bertz CT molecular complexity index is 373. The molecule has 0 N–H and O–H groups in total. The van der Waals surface area contributed by atoms with Gasteiger partial charge in [-0.2, -0.15) is 0 Å². The van der Waals surface area contributed by atoms with Gasteiger partial charge in [0, 0.05) is 12.6 Å². The topological polar surface area (TPSA) is 20.3 Å². The van der Waals surface area contributed by atoms with Gasteiger partial charge in [-0.25, -0.2) is 0 Å². The van der Waals surface area contributed by atoms with Crippen LogP contribution >= 0.6 is 11.3 Å². The maximum Gasteiger partial charge on any atom is 0.264 e. The Hall–Kier alpha value is -0.830. The van der Waals surface area contributed by atoms with Crippen molar-refractivity contribution in [3.63, 3.8) is 0 Å². The van der Waals surface area contributed by atoms with Crippen LogP contribution in [0.5, 0.6) is 0 Å². The lowest BCUT2D eigenvalue weighted by Gasteiger charge is -2.37. The lowest BCUT2D eigenvalue weighted by molar-refractivity contribution is 0.0553. The zero-order valence-electron chi connectivity index (χ0n) is 9.39. The molecule has 3 heteroatoms. The number of likely N-dealkylation sites (tertiary alicyclic amines) is 1. The fraction of sp³-hybridized carbons (Fsp3) is 0.615. The van der Waals surface area contributed by atoms with Crippen molar-refractivity contribution >= 4 is 17.2 Å². The Morgan fingerprint density at radius 1 is 1.31 bits per heavy atom. The molecule has 2 atom stereocenters. The molecule has 1 aliphatic carbocycles. The zero-order valence-corrected chi connectivity index (χ0v) is 10.2. The zero-order chi connectivity index (χ0) is 11.0. The van der Waals surface area contributed by atoms with Crippen LogP contribution in [-0.2, 0) is 0 Å². The third-order valence-electron chi connectivity index (χ3n) is 3.99. The van der Waals surface area contributed by atoms with Crippen LogP contribution in [0.4, 0.5) is 0 Å². The van der Waals surface area contributed by atoms with Gasteiger partial charge in [-0.05, 0) is 43.0 Å². The van der Waals surface area contributed by atoms with Crippen molar-refractivity contribution in [2.75, 3.05) is 6.54 Å². The molecule has 16 heavy (non-hydrogen) atoms. The van der Waals surface area contributed by atoms with Gasteiger partial charge < -0.3 is 4.90 Å². The highest BCUT2D eigenvalue weighted by Gasteiger charge is 2.37. The molecule has 1 aromatic rings. The highest BCUT2D eigenvalue weighted by Crippen LogP contribution is 2.37. The van der Waals surface area contributed by atoms with Crippen molar-refractivity contribution in [1.29, 1.82) is 0 Å². The van der Waals surface area contributed by atoms with Gasteiger partial charge in [-0.3, -0.25) is 4.79 Å². The maximum absolute atomic E-state index is 12.3. The van der Waals surface area contributed by atoms with Gasteiger partial charge in [-0.1, -0.05) is 12.5 Å². The summed E-state index contributed by atoms with van der Waals surface area (Å²) < 4.78 is 0. The highest BCUT2D eigenvalue weighted by molar-refractivity contribution is 7.12. The number of nitrogens with zero attached hydrogens (tertiary/aromatic N) is 1. The molecule has 2 nitrogen and oxygen atoms in total. The van der Waals surface area contributed by atoms with Crippen LogP contribution in [0.1, 0.15) is 41.8 Å². The number of carbonyl (C=O) groups excluding carboxylic acids is 1. The monoisotopic (exact) mass is 235 g/mol. The van der Waals surface area contributed by atoms with Crippen LogP contribution in [0.15, 0.2) is 17.5 Å². The molecule has 1 aliphatic heterocycles. The van der Waals surface area contributed by atoms with Crippen LogP contribution in [0.3, 0.4) is 0 Å². The summed E-state index contributed by atoms with van der Waals surface area (Å²) in [7, 11) is 0. The fourth-order valence-electron chi connectivity index (χ4n) is 3.25. The van der Waals surface area contributed by atoms with E-state index in [0.29, 0.717) is 6.04 Å². The van der Waals surface area contributed by atoms with E-state index in [9.17, 15) is 4.79 Å². The smallest absolute Gasteiger partial charge is 0.264 e. The summed E-state index contributed by atoms with van der Waals surface area (Å²) in [6.07, 6.45) is 6.39. The van der Waals surface area contributed by atoms with Gasteiger partial charge in [0.1, 0.15) is 0 Å². The molecule has 0 aromatic carbocycles. The number of amides is 1. The number of fused-ring (bicyclic) bond motifs is 1. The van der Waals surface area contributed by atoms with Gasteiger partial charge in [-0.15, -0.1) is 11.3 Å². The van der Waals surface area contributed by atoms with E-state index in [2.05, 4.69) is 4.90 Å². The van der Waals surface area contributed by atoms with Crippen molar-refractivity contribution in [3.8, 4) is 0 Å². The fourth-order valence-corrected chi connectivity index (χ4v) is 3.93. The van der Waals surface area contributed by atoms with Crippen molar-refractivity contribution in [2.45, 2.75) is 38.1 Å². The molecular formula is C13H17NOS. The predicted molar refractivity (Wildman–Crippen MR) is 65.7 cm³/mol. The first-order valence-electron chi connectivity index (χ1n) is 6.21. The van der Waals surface area contributed by atoms with Gasteiger partial charge in [0.15, 0.2) is 0 Å². The molecule has 2 aliphatic rings. The van der Waals surface area contributed by atoms with Crippen LogP contribution in [0.2, 0.25) is 0 Å². The first-order chi connectivity index (χ1) is 7.86. The number of thiophene rings is 1. The number of hydrogen-bond donors (Lipinski definition) is 0. The molecule has 1 amide bonds. The predicted octanol–water partition coefficient (Wildman–Crippen LogP) is 3.15. The first-order valence-corrected chi connectivity index (χ1v) is 7.09. The van der Waals surface area contributed by atoms with Crippen molar-refractivity contribution in [1.82, 2.24) is 4.90 Å². The molecule has 1 saturated carbocycles. The summed E-state index contributed by atoms with van der Waals surface area (Å²) in [5, 5.41) is 1.99. The summed E-state index contributed by atoms with van der Waals surface area (Å²) in [5.41, 5.74) is 0. The van der Waals surface area contributed by atoms with Gasteiger partial charge in [0.2, 0.25) is 0 Å². The summed E-state index contributed by atoms with van der Waals surface area (Å²) in [6, 6.07) is 4.46. The average molecular weight is 235 g/mol. The van der Waals surface area contributed by atoms with E-state index in [0.717, 1.165) is 17.3 Å². The molecule has 0 bridgehead atoms. The van der Waals surface area contributed by atoms with Crippen molar-refractivity contribution < 1.29 is 4.79 Å². The first kappa shape index (κ1) is 10.3. The van der Waals surface area contributed by atoms with Crippen LogP contribution in [-0.4, -0.2) is 23.4 Å². The average Bonchev–Trinajstić information content (AvgIpc) is 2.98. The Morgan fingerprint density at radius 2 is 2.19 bits per heavy atom. The molecule has 1 aromatic heterocycles. The Labute approximate surface area is 100 Å². The summed E-state index contributed by atoms with van der Waals surface area (Å²) >= 11 is 1.57. The second-order valence-corrected chi connectivity index (χ2v) is 5.82. The van der Waals surface area contributed by atoms with Crippen molar-refractivity contribution in [2.24, 2.45) is 5.92 Å². The Kier molecular flexibility index (Phi) is 2.72. The lowest BCUT2D eigenvalue weighted by Crippen LogP contribution is -2.45. The number of piperidine rings is 1. The molecule has 0 radical (unpaired) electrons. The standard InChI is InChI=1S/C13H17NOS/c15-13(12-7-3-9-16-12)14-8-2-5-10-4-1-6-11(10)14/h3,7,9-11H,1-2,4-6,8H2. The summed E-state index contributed by atoms with van der Waals surface area (Å²) in [6.45, 7) is 0.970. The minimum absolute atomic E-state index is 0.270. The van der Waals surface area contributed by atoms with Gasteiger partial charge >= 0.3 is 0 Å². The summed E-state index contributed by atoms with van der Waals surface area (Å²) in [5.74, 6) is 1.06. The van der Waals surface area contributed by atoms with E-state index in [1.54, 1.807) is 11.3 Å². The molecule has 2 unspecified atom stereocenters. The van der Waals surface area contributed by atoms with E-state index in [1.165, 1.54) is 32.1 Å². The third kappa shape index (κ3) is 1.67. The molecule has 0 spiro atoms. The van der Waals surface area contributed by atoms with E-state index in [-0.39, 0.29) is 5.91 Å². The number of carbonyl (C=O) groups is 1. The van der Waals surface area contributed by atoms with E-state index >= 15 is 0 Å². The second kappa shape index (κ2) is 4.21. The van der Waals surface area contributed by atoms with Crippen LogP contribution in [0, 0.1) is 5.92 Å². The van der Waals surface area contributed by atoms with E-state index < -0.39 is 0 Å². The van der Waals surface area contributed by atoms with Crippen LogP contribution in [0.25, 0.3) is 0 Å². The number of hydrogen-bond acceptors (Lipinski definition) is 2. The summed E-state index contributed by atoms with van der Waals surface area (Å²) in [4.78, 5) is 15.4. The van der Waals surface area contributed by atoms with Gasteiger partial charge in [0.05, 0.1) is 4.88 Å². The number of rotatable bonds is 1. The molecule has 2 fully saturated rings. The molecule has 1 saturated heterocycles. The highest BCUT2D eigenvalue weighted by atomic mass is 32.1. The SMILES string of the molecule is O=C(c1cccs1)N1CCCC2CCCC21. The second-order valence-electron chi connectivity index (χ2n) is 4.88. The van der Waals surface area contributed by atoms with E-state index in [4.69, 9.17) is 0 Å². The maximum atomic E-state index is 12.3. The molecule has 3 rings (SSSR count). The lowest BCUT2D eigenvalue weighted by atomic mass is 9.92. The normalized spacial score (nSPS) is 29.1. The van der Waals surface area contributed by atoms with E-state index in [1.807, 2.05) is 17.5 Å². The molecule has 86 valence electrons. The Morgan fingerprint density at radius 3 is 3.00 bits per heavy atom. The largest absolute Gasteiger partial charge is 0.335 e. The van der Waals surface area contributed by atoms with Gasteiger partial charge in [0.25, 0.3) is 5.91 Å². The molecule has 2 heterocycles. The Balaban J connectivity index is 1.80. The third-order valence-corrected chi connectivity index (χ3v) is 4.84. The quantitative estimate of drug-likeness (QED) is 0.732. The molecular weight excluding hydrogens is 218 g/mol. The minimum atomic E-state index is 0.270. The van der Waals surface area contributed by atoms with Crippen molar-refractivity contribution in [3.05, 3.63) is 22.4 Å². The minimum Gasteiger partial charge on any atom is -0.335 e. The van der Waals surface area contributed by atoms with Crippen LogP contribution < -0.4 is 0 Å².